The Labute approximate surface area is 171 Å². The van der Waals surface area contributed by atoms with Crippen molar-refractivity contribution in [2.75, 3.05) is 10.6 Å². The summed E-state index contributed by atoms with van der Waals surface area (Å²) in [6, 6.07) is 21.6. The average molecular weight is 387 g/mol. The molecule has 148 valence electrons. The van der Waals surface area contributed by atoms with Gasteiger partial charge < -0.3 is 15.4 Å². The SMILES string of the molecule is O=C(Nc1ccc(OCc2ccccc2)cc1)c1ccc(NC2CCCC2)nc1. The van der Waals surface area contributed by atoms with Crippen molar-refractivity contribution in [3.63, 3.8) is 0 Å². The molecule has 0 aliphatic heterocycles. The molecule has 4 rings (SSSR count). The van der Waals surface area contributed by atoms with Crippen LogP contribution in [0.4, 0.5) is 11.5 Å². The van der Waals surface area contributed by atoms with Crippen LogP contribution in [0.5, 0.6) is 5.75 Å². The summed E-state index contributed by atoms with van der Waals surface area (Å²) >= 11 is 0. The van der Waals surface area contributed by atoms with Crippen LogP contribution < -0.4 is 15.4 Å². The van der Waals surface area contributed by atoms with Gasteiger partial charge in [-0.25, -0.2) is 4.98 Å². The number of anilines is 2. The number of nitrogens with zero attached hydrogens (tertiary/aromatic N) is 1. The third-order valence-corrected chi connectivity index (χ3v) is 5.09. The number of carbonyl (C=O) groups is 1. The van der Waals surface area contributed by atoms with Gasteiger partial charge in [0.2, 0.25) is 0 Å². The maximum Gasteiger partial charge on any atom is 0.257 e. The van der Waals surface area contributed by atoms with Gasteiger partial charge in [-0.1, -0.05) is 43.2 Å². The second-order valence-corrected chi connectivity index (χ2v) is 7.31. The van der Waals surface area contributed by atoms with E-state index >= 15 is 0 Å². The van der Waals surface area contributed by atoms with Crippen LogP contribution in [0.1, 0.15) is 41.6 Å². The smallest absolute Gasteiger partial charge is 0.257 e. The topological polar surface area (TPSA) is 63.2 Å². The summed E-state index contributed by atoms with van der Waals surface area (Å²) in [5, 5.41) is 6.33. The number of amides is 1. The number of nitrogens with one attached hydrogen (secondary N) is 2. The van der Waals surface area contributed by atoms with Gasteiger partial charge in [0.15, 0.2) is 0 Å². The van der Waals surface area contributed by atoms with E-state index in [1.807, 2.05) is 60.7 Å². The second kappa shape index (κ2) is 9.24. The minimum Gasteiger partial charge on any atom is -0.489 e. The van der Waals surface area contributed by atoms with Crippen LogP contribution in [0.2, 0.25) is 0 Å². The first kappa shape index (κ1) is 19.0. The molecule has 1 amide bonds. The lowest BCUT2D eigenvalue weighted by molar-refractivity contribution is 0.102. The third kappa shape index (κ3) is 5.35. The summed E-state index contributed by atoms with van der Waals surface area (Å²) in [6.07, 6.45) is 6.54. The summed E-state index contributed by atoms with van der Waals surface area (Å²) in [4.78, 5) is 16.8. The summed E-state index contributed by atoms with van der Waals surface area (Å²) in [6.45, 7) is 0.513. The van der Waals surface area contributed by atoms with Crippen molar-refractivity contribution in [3.05, 3.63) is 84.1 Å². The maximum atomic E-state index is 12.5. The van der Waals surface area contributed by atoms with Gasteiger partial charge in [-0.2, -0.15) is 0 Å². The second-order valence-electron chi connectivity index (χ2n) is 7.31. The number of benzene rings is 2. The average Bonchev–Trinajstić information content (AvgIpc) is 3.27. The van der Waals surface area contributed by atoms with E-state index in [-0.39, 0.29) is 5.91 Å². The van der Waals surface area contributed by atoms with Gasteiger partial charge in [-0.3, -0.25) is 4.79 Å². The summed E-state index contributed by atoms with van der Waals surface area (Å²) < 4.78 is 5.77. The molecule has 29 heavy (non-hydrogen) atoms. The lowest BCUT2D eigenvalue weighted by Gasteiger charge is -2.12. The molecule has 2 N–H and O–H groups in total. The van der Waals surface area contributed by atoms with Crippen LogP contribution in [0, 0.1) is 0 Å². The molecule has 5 nitrogen and oxygen atoms in total. The summed E-state index contributed by atoms with van der Waals surface area (Å²) in [5.74, 6) is 1.41. The molecule has 0 atom stereocenters. The molecule has 0 radical (unpaired) electrons. The fraction of sp³-hybridized carbons (Fsp3) is 0.250. The number of hydrogen-bond acceptors (Lipinski definition) is 4. The monoisotopic (exact) mass is 387 g/mol. The molecule has 1 heterocycles. The van der Waals surface area contributed by atoms with Crippen LogP contribution in [0.3, 0.4) is 0 Å². The van der Waals surface area contributed by atoms with Gasteiger partial charge in [0.25, 0.3) is 5.91 Å². The van der Waals surface area contributed by atoms with Gasteiger partial charge >= 0.3 is 0 Å². The lowest BCUT2D eigenvalue weighted by atomic mass is 10.2. The highest BCUT2D eigenvalue weighted by molar-refractivity contribution is 6.04. The first-order valence-electron chi connectivity index (χ1n) is 10.1. The van der Waals surface area contributed by atoms with E-state index in [0.717, 1.165) is 22.8 Å². The van der Waals surface area contributed by atoms with Crippen LogP contribution in [-0.4, -0.2) is 16.9 Å². The zero-order valence-corrected chi connectivity index (χ0v) is 16.3. The van der Waals surface area contributed by atoms with Gasteiger partial charge in [0.1, 0.15) is 18.2 Å². The maximum absolute atomic E-state index is 12.5. The van der Waals surface area contributed by atoms with Crippen molar-refractivity contribution in [2.24, 2.45) is 0 Å². The Morgan fingerprint density at radius 1 is 0.966 bits per heavy atom. The molecule has 0 unspecified atom stereocenters. The Balaban J connectivity index is 1.29. The fourth-order valence-corrected chi connectivity index (χ4v) is 3.47. The molecule has 1 fully saturated rings. The number of carbonyl (C=O) groups excluding carboxylic acids is 1. The highest BCUT2D eigenvalue weighted by Crippen LogP contribution is 2.22. The fourth-order valence-electron chi connectivity index (χ4n) is 3.47. The predicted molar refractivity (Wildman–Crippen MR) is 115 cm³/mol. The molecule has 1 saturated carbocycles. The normalized spacial score (nSPS) is 13.8. The van der Waals surface area contributed by atoms with E-state index in [0.29, 0.717) is 18.2 Å². The van der Waals surface area contributed by atoms with E-state index in [2.05, 4.69) is 15.6 Å². The molecule has 1 aromatic heterocycles. The molecular weight excluding hydrogens is 362 g/mol. The van der Waals surface area contributed by atoms with E-state index < -0.39 is 0 Å². The minimum atomic E-state index is -0.178. The van der Waals surface area contributed by atoms with Crippen LogP contribution in [-0.2, 0) is 6.61 Å². The molecule has 1 aliphatic rings. The molecule has 0 spiro atoms. The first-order valence-corrected chi connectivity index (χ1v) is 10.1. The molecule has 3 aromatic rings. The zero-order valence-electron chi connectivity index (χ0n) is 16.3. The number of ether oxygens (including phenoxy) is 1. The Morgan fingerprint density at radius 2 is 1.72 bits per heavy atom. The van der Waals surface area contributed by atoms with Crippen LogP contribution >= 0.6 is 0 Å². The standard InChI is InChI=1S/C24H25N3O2/c28-24(19-10-15-23(25-16-19)26-20-8-4-5-9-20)27-21-11-13-22(14-12-21)29-17-18-6-2-1-3-7-18/h1-3,6-7,10-16,20H,4-5,8-9,17H2,(H,25,26)(H,27,28). The number of hydrogen-bond donors (Lipinski definition) is 2. The first-order chi connectivity index (χ1) is 14.3. The molecule has 1 aliphatic carbocycles. The Kier molecular flexibility index (Phi) is 6.05. The Hall–Kier alpha value is -3.34. The third-order valence-electron chi connectivity index (χ3n) is 5.09. The number of pyridine rings is 1. The number of rotatable bonds is 7. The quantitative estimate of drug-likeness (QED) is 0.580. The van der Waals surface area contributed by atoms with E-state index in [4.69, 9.17) is 4.74 Å². The van der Waals surface area contributed by atoms with Crippen molar-refractivity contribution >= 4 is 17.4 Å². The van der Waals surface area contributed by atoms with Gasteiger partial charge in [0.05, 0.1) is 5.56 Å². The van der Waals surface area contributed by atoms with Crippen LogP contribution in [0.15, 0.2) is 72.9 Å². The highest BCUT2D eigenvalue weighted by Gasteiger charge is 2.15. The Morgan fingerprint density at radius 3 is 2.41 bits per heavy atom. The van der Waals surface area contributed by atoms with Crippen molar-refractivity contribution in [2.45, 2.75) is 38.3 Å². The van der Waals surface area contributed by atoms with Crippen molar-refractivity contribution < 1.29 is 9.53 Å². The predicted octanol–water partition coefficient (Wildman–Crippen LogP) is 5.27. The lowest BCUT2D eigenvalue weighted by Crippen LogP contribution is -2.16. The number of aromatic nitrogens is 1. The zero-order chi connectivity index (χ0) is 19.9. The molecule has 0 bridgehead atoms. The van der Waals surface area contributed by atoms with Crippen LogP contribution in [0.25, 0.3) is 0 Å². The Bertz CT molecular complexity index is 919. The van der Waals surface area contributed by atoms with Crippen molar-refractivity contribution in [3.8, 4) is 5.75 Å². The van der Waals surface area contributed by atoms with Gasteiger partial charge in [0, 0.05) is 17.9 Å². The minimum absolute atomic E-state index is 0.178. The van der Waals surface area contributed by atoms with E-state index in [1.54, 1.807) is 12.3 Å². The van der Waals surface area contributed by atoms with Crippen molar-refractivity contribution in [1.29, 1.82) is 0 Å². The highest BCUT2D eigenvalue weighted by atomic mass is 16.5. The largest absolute Gasteiger partial charge is 0.489 e. The van der Waals surface area contributed by atoms with Crippen molar-refractivity contribution in [1.82, 2.24) is 4.98 Å². The summed E-state index contributed by atoms with van der Waals surface area (Å²) in [5.41, 5.74) is 2.37. The van der Waals surface area contributed by atoms with E-state index in [9.17, 15) is 4.79 Å². The summed E-state index contributed by atoms with van der Waals surface area (Å²) in [7, 11) is 0. The molecule has 0 saturated heterocycles. The molecule has 2 aromatic carbocycles. The van der Waals surface area contributed by atoms with E-state index in [1.165, 1.54) is 25.7 Å². The van der Waals surface area contributed by atoms with Gasteiger partial charge in [-0.15, -0.1) is 0 Å². The molecular formula is C24H25N3O2. The molecule has 5 heteroatoms. The van der Waals surface area contributed by atoms with Gasteiger partial charge in [-0.05, 0) is 54.8 Å².